The van der Waals surface area contributed by atoms with E-state index in [1.807, 2.05) is 41.0 Å². The summed E-state index contributed by atoms with van der Waals surface area (Å²) >= 11 is 7.40. The molecular weight excluding hydrogens is 396 g/mol. The third kappa shape index (κ3) is 4.59. The SMILES string of the molecule is O=C(CSc1nnc(-c2ccc(Cl)cc2)n1Cc1ccco1)NC1CCCC1. The molecule has 3 aromatic rings. The van der Waals surface area contributed by atoms with E-state index in [0.717, 1.165) is 24.2 Å². The molecule has 1 saturated carbocycles. The van der Waals surface area contributed by atoms with Gasteiger partial charge in [0.05, 0.1) is 18.6 Å². The summed E-state index contributed by atoms with van der Waals surface area (Å²) < 4.78 is 7.47. The lowest BCUT2D eigenvalue weighted by Gasteiger charge is -2.12. The summed E-state index contributed by atoms with van der Waals surface area (Å²) in [7, 11) is 0. The van der Waals surface area contributed by atoms with Gasteiger partial charge in [-0.1, -0.05) is 36.2 Å². The number of carbonyl (C=O) groups excluding carboxylic acids is 1. The lowest BCUT2D eigenvalue weighted by atomic mass is 10.2. The van der Waals surface area contributed by atoms with Gasteiger partial charge in [0.15, 0.2) is 11.0 Å². The molecule has 4 rings (SSSR count). The molecule has 0 atom stereocenters. The Kier molecular flexibility index (Phi) is 6.02. The number of nitrogens with zero attached hydrogens (tertiary/aromatic N) is 3. The molecule has 1 aromatic carbocycles. The van der Waals surface area contributed by atoms with Crippen molar-refractivity contribution in [1.29, 1.82) is 0 Å². The Hall–Kier alpha value is -2.25. The van der Waals surface area contributed by atoms with Crippen molar-refractivity contribution in [3.8, 4) is 11.4 Å². The van der Waals surface area contributed by atoms with Gasteiger partial charge in [0.25, 0.3) is 0 Å². The Bertz CT molecular complexity index is 918. The van der Waals surface area contributed by atoms with Crippen LogP contribution in [0.15, 0.2) is 52.2 Å². The van der Waals surface area contributed by atoms with Crippen molar-refractivity contribution < 1.29 is 9.21 Å². The molecule has 146 valence electrons. The number of hydrogen-bond acceptors (Lipinski definition) is 5. The summed E-state index contributed by atoms with van der Waals surface area (Å²) in [5, 5.41) is 13.1. The second-order valence-corrected chi connectivity index (χ2v) is 8.20. The van der Waals surface area contributed by atoms with Gasteiger partial charge < -0.3 is 9.73 Å². The molecule has 1 amide bonds. The molecule has 1 fully saturated rings. The number of aromatic nitrogens is 3. The van der Waals surface area contributed by atoms with Crippen LogP contribution in [0.3, 0.4) is 0 Å². The third-order valence-electron chi connectivity index (χ3n) is 4.77. The van der Waals surface area contributed by atoms with Gasteiger partial charge in [-0.25, -0.2) is 0 Å². The highest BCUT2D eigenvalue weighted by molar-refractivity contribution is 7.99. The number of benzene rings is 1. The van der Waals surface area contributed by atoms with Crippen molar-refractivity contribution in [2.75, 3.05) is 5.75 Å². The highest BCUT2D eigenvalue weighted by Crippen LogP contribution is 2.26. The van der Waals surface area contributed by atoms with Crippen molar-refractivity contribution in [3.63, 3.8) is 0 Å². The van der Waals surface area contributed by atoms with E-state index < -0.39 is 0 Å². The van der Waals surface area contributed by atoms with Crippen molar-refractivity contribution in [2.45, 2.75) is 43.4 Å². The number of furan rings is 1. The zero-order chi connectivity index (χ0) is 19.3. The van der Waals surface area contributed by atoms with Gasteiger partial charge >= 0.3 is 0 Å². The zero-order valence-corrected chi connectivity index (χ0v) is 16.9. The van der Waals surface area contributed by atoms with E-state index in [1.54, 1.807) is 6.26 Å². The quantitative estimate of drug-likeness (QED) is 0.578. The van der Waals surface area contributed by atoms with Crippen LogP contribution in [0.4, 0.5) is 0 Å². The smallest absolute Gasteiger partial charge is 0.230 e. The van der Waals surface area contributed by atoms with Crippen LogP contribution in [-0.4, -0.2) is 32.5 Å². The Morgan fingerprint density at radius 2 is 2.00 bits per heavy atom. The van der Waals surface area contributed by atoms with Crippen LogP contribution in [0.2, 0.25) is 5.02 Å². The summed E-state index contributed by atoms with van der Waals surface area (Å²) in [6.07, 6.45) is 6.18. The van der Waals surface area contributed by atoms with Crippen LogP contribution in [-0.2, 0) is 11.3 Å². The molecule has 0 radical (unpaired) electrons. The number of nitrogens with one attached hydrogen (secondary N) is 1. The van der Waals surface area contributed by atoms with Crippen LogP contribution < -0.4 is 5.32 Å². The molecule has 0 spiro atoms. The summed E-state index contributed by atoms with van der Waals surface area (Å²) in [4.78, 5) is 12.3. The second-order valence-electron chi connectivity index (χ2n) is 6.82. The van der Waals surface area contributed by atoms with Gasteiger partial charge in [0, 0.05) is 16.6 Å². The number of hydrogen-bond donors (Lipinski definition) is 1. The molecule has 6 nitrogen and oxygen atoms in total. The molecule has 0 aliphatic heterocycles. The molecule has 0 saturated heterocycles. The summed E-state index contributed by atoms with van der Waals surface area (Å²) in [6.45, 7) is 0.491. The molecule has 2 heterocycles. The van der Waals surface area contributed by atoms with Gasteiger partial charge in [-0.3, -0.25) is 9.36 Å². The molecular formula is C20H21ClN4O2S. The molecule has 28 heavy (non-hydrogen) atoms. The number of thioether (sulfide) groups is 1. The van der Waals surface area contributed by atoms with E-state index in [-0.39, 0.29) is 5.91 Å². The standard InChI is InChI=1S/C20H21ClN4O2S/c21-15-9-7-14(8-10-15)19-23-24-20(25(19)12-17-6-3-11-27-17)28-13-18(26)22-16-4-1-2-5-16/h3,6-11,16H,1-2,4-5,12-13H2,(H,22,26). The molecule has 1 aliphatic carbocycles. The average Bonchev–Trinajstić information content (AvgIpc) is 3.44. The minimum absolute atomic E-state index is 0.0393. The first-order valence-corrected chi connectivity index (χ1v) is 10.7. The minimum Gasteiger partial charge on any atom is -0.467 e. The van der Waals surface area contributed by atoms with Crippen LogP contribution >= 0.6 is 23.4 Å². The first-order chi connectivity index (χ1) is 13.7. The van der Waals surface area contributed by atoms with Gasteiger partial charge in [0.2, 0.25) is 5.91 Å². The fourth-order valence-electron chi connectivity index (χ4n) is 3.38. The van der Waals surface area contributed by atoms with E-state index in [4.69, 9.17) is 16.0 Å². The molecule has 2 aromatic heterocycles. The lowest BCUT2D eigenvalue weighted by Crippen LogP contribution is -2.33. The van der Waals surface area contributed by atoms with Crippen molar-refractivity contribution in [2.24, 2.45) is 0 Å². The highest BCUT2D eigenvalue weighted by atomic mass is 35.5. The van der Waals surface area contributed by atoms with Gasteiger partial charge in [-0.05, 0) is 49.2 Å². The van der Waals surface area contributed by atoms with Gasteiger partial charge in [-0.15, -0.1) is 10.2 Å². The first-order valence-electron chi connectivity index (χ1n) is 9.33. The average molecular weight is 417 g/mol. The topological polar surface area (TPSA) is 73.0 Å². The second kappa shape index (κ2) is 8.84. The maximum Gasteiger partial charge on any atom is 0.230 e. The van der Waals surface area contributed by atoms with Crippen LogP contribution in [0.25, 0.3) is 11.4 Å². The first kappa shape index (κ1) is 19.1. The number of rotatable bonds is 7. The molecule has 0 bridgehead atoms. The van der Waals surface area contributed by atoms with Crippen molar-refractivity contribution in [1.82, 2.24) is 20.1 Å². The molecule has 8 heteroatoms. The largest absolute Gasteiger partial charge is 0.467 e. The van der Waals surface area contributed by atoms with Gasteiger partial charge in [0.1, 0.15) is 5.76 Å². The minimum atomic E-state index is 0.0393. The Labute approximate surface area is 172 Å². The summed E-state index contributed by atoms with van der Waals surface area (Å²) in [5.74, 6) is 1.87. The van der Waals surface area contributed by atoms with E-state index in [0.29, 0.717) is 34.3 Å². The van der Waals surface area contributed by atoms with Crippen LogP contribution in [0.1, 0.15) is 31.4 Å². The van der Waals surface area contributed by atoms with Crippen molar-refractivity contribution >= 4 is 29.3 Å². The fourth-order valence-corrected chi connectivity index (χ4v) is 4.25. The predicted octanol–water partition coefficient (Wildman–Crippen LogP) is 4.39. The van der Waals surface area contributed by atoms with E-state index in [9.17, 15) is 4.79 Å². The monoisotopic (exact) mass is 416 g/mol. The Morgan fingerprint density at radius 1 is 1.21 bits per heavy atom. The molecule has 1 aliphatic rings. The normalized spacial score (nSPS) is 14.5. The van der Waals surface area contributed by atoms with Gasteiger partial charge in [-0.2, -0.15) is 0 Å². The number of carbonyl (C=O) groups is 1. The lowest BCUT2D eigenvalue weighted by molar-refractivity contribution is -0.119. The van der Waals surface area contributed by atoms with Crippen molar-refractivity contribution in [3.05, 3.63) is 53.4 Å². The van der Waals surface area contributed by atoms with Crippen LogP contribution in [0.5, 0.6) is 0 Å². The number of halogens is 1. The van der Waals surface area contributed by atoms with E-state index in [1.165, 1.54) is 24.6 Å². The predicted molar refractivity (Wildman–Crippen MR) is 109 cm³/mol. The maximum absolute atomic E-state index is 12.3. The Morgan fingerprint density at radius 3 is 2.71 bits per heavy atom. The molecule has 0 unspecified atom stereocenters. The fraction of sp³-hybridized carbons (Fsp3) is 0.350. The summed E-state index contributed by atoms with van der Waals surface area (Å²) in [6, 6.07) is 11.5. The Balaban J connectivity index is 1.52. The zero-order valence-electron chi connectivity index (χ0n) is 15.3. The third-order valence-corrected chi connectivity index (χ3v) is 5.98. The molecule has 1 N–H and O–H groups in total. The van der Waals surface area contributed by atoms with E-state index in [2.05, 4.69) is 15.5 Å². The van der Waals surface area contributed by atoms with E-state index >= 15 is 0 Å². The maximum atomic E-state index is 12.3. The highest BCUT2D eigenvalue weighted by Gasteiger charge is 2.20. The summed E-state index contributed by atoms with van der Waals surface area (Å²) in [5.41, 5.74) is 0.908. The van der Waals surface area contributed by atoms with Crippen LogP contribution in [0, 0.1) is 0 Å². The number of amides is 1.